The lowest BCUT2D eigenvalue weighted by Gasteiger charge is -2.28. The van der Waals surface area contributed by atoms with E-state index in [1.54, 1.807) is 6.92 Å². The van der Waals surface area contributed by atoms with Crippen molar-refractivity contribution in [2.75, 3.05) is 0 Å². The van der Waals surface area contributed by atoms with Crippen LogP contribution in [-0.2, 0) is 4.79 Å². The summed E-state index contributed by atoms with van der Waals surface area (Å²) in [5.41, 5.74) is 0. The maximum Gasteiger partial charge on any atom is 0.132 e. The van der Waals surface area contributed by atoms with Gasteiger partial charge >= 0.3 is 0 Å². The highest BCUT2D eigenvalue weighted by molar-refractivity contribution is 5.78. The molecule has 1 saturated carbocycles. The van der Waals surface area contributed by atoms with Crippen LogP contribution in [0.5, 0.6) is 0 Å². The molecule has 1 aliphatic rings. The number of ketones is 1. The Balaban J connectivity index is 2.25. The molecule has 1 rings (SSSR count). The molecule has 1 aliphatic carbocycles. The molecule has 0 aromatic rings. The van der Waals surface area contributed by atoms with Crippen molar-refractivity contribution in [3.05, 3.63) is 0 Å². The van der Waals surface area contributed by atoms with E-state index in [2.05, 4.69) is 13.8 Å². The van der Waals surface area contributed by atoms with Crippen LogP contribution in [0.15, 0.2) is 0 Å². The van der Waals surface area contributed by atoms with Gasteiger partial charge in [0, 0.05) is 5.92 Å². The number of carbonyl (C=O) groups excluding carboxylic acids is 1. The highest BCUT2D eigenvalue weighted by Crippen LogP contribution is 2.33. The van der Waals surface area contributed by atoms with Crippen molar-refractivity contribution in [1.29, 1.82) is 0 Å². The van der Waals surface area contributed by atoms with Crippen molar-refractivity contribution < 1.29 is 4.79 Å². The first-order valence-electron chi connectivity index (χ1n) is 6.13. The lowest BCUT2D eigenvalue weighted by atomic mass is 9.77. The van der Waals surface area contributed by atoms with Crippen molar-refractivity contribution in [2.45, 2.75) is 59.3 Å². The fraction of sp³-hybridized carbons (Fsp3) is 0.923. The smallest absolute Gasteiger partial charge is 0.132 e. The van der Waals surface area contributed by atoms with Crippen molar-refractivity contribution in [3.63, 3.8) is 0 Å². The standard InChI is InChI=1S/C13H24O/c1-4-10(2)9-12-5-7-13(8-6-12)11(3)14/h10,12-13H,4-9H2,1-3H3. The monoisotopic (exact) mass is 196 g/mol. The molecule has 1 fully saturated rings. The average molecular weight is 196 g/mol. The predicted octanol–water partition coefficient (Wildman–Crippen LogP) is 3.82. The molecule has 0 heterocycles. The zero-order valence-corrected chi connectivity index (χ0v) is 9.88. The third kappa shape index (κ3) is 3.43. The van der Waals surface area contributed by atoms with Crippen molar-refractivity contribution >= 4 is 5.78 Å². The summed E-state index contributed by atoms with van der Waals surface area (Å²) in [6.45, 7) is 6.36. The van der Waals surface area contributed by atoms with Gasteiger partial charge in [-0.25, -0.2) is 0 Å². The first kappa shape index (κ1) is 11.7. The molecule has 1 heteroatoms. The molecule has 0 saturated heterocycles. The highest BCUT2D eigenvalue weighted by Gasteiger charge is 2.24. The number of Topliss-reactive ketones (excluding diaryl/α,β-unsaturated/α-hetero) is 1. The van der Waals surface area contributed by atoms with Crippen LogP contribution in [0.4, 0.5) is 0 Å². The van der Waals surface area contributed by atoms with Gasteiger partial charge in [0.1, 0.15) is 5.78 Å². The van der Waals surface area contributed by atoms with Crippen molar-refractivity contribution in [1.82, 2.24) is 0 Å². The Bertz CT molecular complexity index is 178. The van der Waals surface area contributed by atoms with Gasteiger partial charge in [-0.2, -0.15) is 0 Å². The molecule has 0 aromatic carbocycles. The van der Waals surface area contributed by atoms with E-state index in [0.717, 1.165) is 24.7 Å². The molecule has 1 unspecified atom stereocenters. The van der Waals surface area contributed by atoms with Crippen molar-refractivity contribution in [3.8, 4) is 0 Å². The van der Waals surface area contributed by atoms with Gasteiger partial charge in [0.25, 0.3) is 0 Å². The number of hydrogen-bond donors (Lipinski definition) is 0. The van der Waals surface area contributed by atoms with Crippen LogP contribution in [-0.4, -0.2) is 5.78 Å². The van der Waals surface area contributed by atoms with Crippen LogP contribution in [0.25, 0.3) is 0 Å². The minimum Gasteiger partial charge on any atom is -0.300 e. The summed E-state index contributed by atoms with van der Waals surface area (Å²) < 4.78 is 0. The van der Waals surface area contributed by atoms with Gasteiger partial charge in [0.2, 0.25) is 0 Å². The predicted molar refractivity (Wildman–Crippen MR) is 60.2 cm³/mol. The van der Waals surface area contributed by atoms with Gasteiger partial charge in [-0.1, -0.05) is 20.3 Å². The molecule has 0 N–H and O–H groups in total. The Kier molecular flexibility index (Phi) is 4.64. The first-order valence-corrected chi connectivity index (χ1v) is 6.13. The normalized spacial score (nSPS) is 29.9. The molecule has 0 amide bonds. The zero-order valence-electron chi connectivity index (χ0n) is 9.88. The summed E-state index contributed by atoms with van der Waals surface area (Å²) in [6.07, 6.45) is 7.55. The largest absolute Gasteiger partial charge is 0.300 e. The van der Waals surface area contributed by atoms with Crippen LogP contribution < -0.4 is 0 Å². The second-order valence-electron chi connectivity index (χ2n) is 5.08. The fourth-order valence-corrected chi connectivity index (χ4v) is 2.54. The number of carbonyl (C=O) groups is 1. The van der Waals surface area contributed by atoms with Gasteiger partial charge < -0.3 is 0 Å². The molecule has 0 aliphatic heterocycles. The lowest BCUT2D eigenvalue weighted by molar-refractivity contribution is -0.121. The van der Waals surface area contributed by atoms with E-state index in [-0.39, 0.29) is 0 Å². The fourth-order valence-electron chi connectivity index (χ4n) is 2.54. The van der Waals surface area contributed by atoms with E-state index in [1.165, 1.54) is 25.7 Å². The summed E-state index contributed by atoms with van der Waals surface area (Å²) in [5, 5.41) is 0. The van der Waals surface area contributed by atoms with Crippen LogP contribution in [0.2, 0.25) is 0 Å². The molecule has 1 atom stereocenters. The highest BCUT2D eigenvalue weighted by atomic mass is 16.1. The van der Waals surface area contributed by atoms with Crippen LogP contribution in [0, 0.1) is 17.8 Å². The molecule has 82 valence electrons. The van der Waals surface area contributed by atoms with Crippen molar-refractivity contribution in [2.24, 2.45) is 17.8 Å². The maximum absolute atomic E-state index is 11.2. The Hall–Kier alpha value is -0.330. The van der Waals surface area contributed by atoms with E-state index < -0.39 is 0 Å². The average Bonchev–Trinajstić information content (AvgIpc) is 2.18. The van der Waals surface area contributed by atoms with Gasteiger partial charge in [-0.05, 0) is 50.9 Å². The van der Waals surface area contributed by atoms with Gasteiger partial charge in [-0.15, -0.1) is 0 Å². The topological polar surface area (TPSA) is 17.1 Å². The summed E-state index contributed by atoms with van der Waals surface area (Å²) >= 11 is 0. The minimum atomic E-state index is 0.392. The quantitative estimate of drug-likeness (QED) is 0.668. The van der Waals surface area contributed by atoms with E-state index in [0.29, 0.717) is 11.7 Å². The van der Waals surface area contributed by atoms with Gasteiger partial charge in [0.05, 0.1) is 0 Å². The van der Waals surface area contributed by atoms with E-state index in [9.17, 15) is 4.79 Å². The van der Waals surface area contributed by atoms with Crippen LogP contribution in [0.1, 0.15) is 59.3 Å². The molecular formula is C13H24O. The van der Waals surface area contributed by atoms with Crippen LogP contribution in [0.3, 0.4) is 0 Å². The van der Waals surface area contributed by atoms with E-state index in [4.69, 9.17) is 0 Å². The molecule has 0 aromatic heterocycles. The van der Waals surface area contributed by atoms with E-state index in [1.807, 2.05) is 0 Å². The Morgan fingerprint density at radius 1 is 1.29 bits per heavy atom. The lowest BCUT2D eigenvalue weighted by Crippen LogP contribution is -2.20. The number of rotatable bonds is 4. The summed E-state index contributed by atoms with van der Waals surface area (Å²) in [7, 11) is 0. The zero-order chi connectivity index (χ0) is 10.6. The Morgan fingerprint density at radius 2 is 1.86 bits per heavy atom. The molecule has 0 bridgehead atoms. The molecular weight excluding hydrogens is 172 g/mol. The van der Waals surface area contributed by atoms with Crippen LogP contribution >= 0.6 is 0 Å². The Labute approximate surface area is 88.3 Å². The number of hydrogen-bond acceptors (Lipinski definition) is 1. The summed E-state index contributed by atoms with van der Waals surface area (Å²) in [5.74, 6) is 2.57. The molecule has 14 heavy (non-hydrogen) atoms. The Morgan fingerprint density at radius 3 is 2.29 bits per heavy atom. The molecule has 1 nitrogen and oxygen atoms in total. The summed E-state index contributed by atoms with van der Waals surface area (Å²) in [4.78, 5) is 11.2. The van der Waals surface area contributed by atoms with Gasteiger partial charge in [0.15, 0.2) is 0 Å². The van der Waals surface area contributed by atoms with E-state index >= 15 is 0 Å². The molecule has 0 radical (unpaired) electrons. The second-order valence-corrected chi connectivity index (χ2v) is 5.08. The summed E-state index contributed by atoms with van der Waals surface area (Å²) in [6, 6.07) is 0. The third-order valence-corrected chi connectivity index (χ3v) is 3.85. The first-order chi connectivity index (χ1) is 6.63. The SMILES string of the molecule is CCC(C)CC1CCC(C(C)=O)CC1. The molecule has 0 spiro atoms. The van der Waals surface area contributed by atoms with Gasteiger partial charge in [-0.3, -0.25) is 4.79 Å². The second kappa shape index (κ2) is 5.53. The maximum atomic E-state index is 11.2. The third-order valence-electron chi connectivity index (χ3n) is 3.85. The minimum absolute atomic E-state index is 0.392.